The van der Waals surface area contributed by atoms with Crippen LogP contribution >= 0.6 is 27.7 Å². The smallest absolute Gasteiger partial charge is 0.0463 e. The fraction of sp³-hybridized carbons (Fsp3) is 0.250. The number of nitrogens with two attached hydrogens (primary N) is 1. The van der Waals surface area contributed by atoms with E-state index in [2.05, 4.69) is 52.3 Å². The first-order valence-corrected chi connectivity index (χ1v) is 8.25. The maximum absolute atomic E-state index is 5.98. The minimum absolute atomic E-state index is 0.863. The molecule has 1 nitrogen and oxygen atoms in total. The molecular formula is C16H18BrNS. The second kappa shape index (κ2) is 7.61. The first-order chi connectivity index (χ1) is 9.25. The standard InChI is InChI=1S/C16H18BrNS/c17-14-9-10-16(15(18)12-14)19-11-5-4-8-13-6-2-1-3-7-13/h1-3,6-7,9-10,12H,4-5,8,11,18H2. The maximum Gasteiger partial charge on any atom is 0.0463 e. The molecule has 2 aromatic rings. The predicted octanol–water partition coefficient (Wildman–Crippen LogP) is 5.15. The van der Waals surface area contributed by atoms with Crippen molar-refractivity contribution in [2.24, 2.45) is 0 Å². The lowest BCUT2D eigenvalue weighted by molar-refractivity contribution is 0.802. The van der Waals surface area contributed by atoms with Gasteiger partial charge in [-0.3, -0.25) is 0 Å². The molecule has 2 rings (SSSR count). The lowest BCUT2D eigenvalue weighted by atomic mass is 10.1. The van der Waals surface area contributed by atoms with Gasteiger partial charge in [0.05, 0.1) is 0 Å². The van der Waals surface area contributed by atoms with Crippen LogP contribution in [0.15, 0.2) is 57.9 Å². The van der Waals surface area contributed by atoms with Crippen molar-refractivity contribution in [2.75, 3.05) is 11.5 Å². The van der Waals surface area contributed by atoms with E-state index in [9.17, 15) is 0 Å². The highest BCUT2D eigenvalue weighted by molar-refractivity contribution is 9.10. The van der Waals surface area contributed by atoms with Crippen molar-refractivity contribution < 1.29 is 0 Å². The van der Waals surface area contributed by atoms with Crippen molar-refractivity contribution in [3.05, 3.63) is 58.6 Å². The van der Waals surface area contributed by atoms with Gasteiger partial charge in [-0.25, -0.2) is 0 Å². The van der Waals surface area contributed by atoms with Gasteiger partial charge in [0.15, 0.2) is 0 Å². The molecule has 0 heterocycles. The van der Waals surface area contributed by atoms with Gasteiger partial charge in [0, 0.05) is 15.1 Å². The van der Waals surface area contributed by atoms with Crippen LogP contribution in [0.4, 0.5) is 5.69 Å². The number of aryl methyl sites for hydroxylation is 1. The Morgan fingerprint density at radius 3 is 2.53 bits per heavy atom. The van der Waals surface area contributed by atoms with E-state index in [0.717, 1.165) is 22.3 Å². The minimum Gasteiger partial charge on any atom is -0.398 e. The van der Waals surface area contributed by atoms with Gasteiger partial charge in [-0.1, -0.05) is 46.3 Å². The number of benzene rings is 2. The molecule has 0 aliphatic heterocycles. The second-order valence-corrected chi connectivity index (χ2v) is 6.53. The topological polar surface area (TPSA) is 26.0 Å². The molecule has 0 unspecified atom stereocenters. The van der Waals surface area contributed by atoms with E-state index in [-0.39, 0.29) is 0 Å². The van der Waals surface area contributed by atoms with E-state index in [1.807, 2.05) is 23.9 Å². The zero-order valence-electron chi connectivity index (χ0n) is 10.8. The molecule has 2 N–H and O–H groups in total. The Bertz CT molecular complexity index is 513. The molecule has 0 aliphatic carbocycles. The number of nitrogen functional groups attached to an aromatic ring is 1. The summed E-state index contributed by atoms with van der Waals surface area (Å²) in [4.78, 5) is 1.18. The lowest BCUT2D eigenvalue weighted by Gasteiger charge is -2.06. The average Bonchev–Trinajstić information content (AvgIpc) is 2.42. The maximum atomic E-state index is 5.98. The Kier molecular flexibility index (Phi) is 5.80. The number of hydrogen-bond donors (Lipinski definition) is 1. The van der Waals surface area contributed by atoms with Crippen LogP contribution in [0.25, 0.3) is 0 Å². The zero-order valence-corrected chi connectivity index (χ0v) is 13.2. The molecule has 0 aliphatic rings. The van der Waals surface area contributed by atoms with Crippen molar-refractivity contribution in [1.82, 2.24) is 0 Å². The molecule has 0 spiro atoms. The van der Waals surface area contributed by atoms with Crippen LogP contribution in [0.3, 0.4) is 0 Å². The number of hydrogen-bond acceptors (Lipinski definition) is 2. The van der Waals surface area contributed by atoms with Crippen molar-refractivity contribution in [3.8, 4) is 0 Å². The monoisotopic (exact) mass is 335 g/mol. The Hall–Kier alpha value is -0.930. The molecule has 19 heavy (non-hydrogen) atoms. The molecule has 100 valence electrons. The number of rotatable bonds is 6. The summed E-state index contributed by atoms with van der Waals surface area (Å²) in [6.45, 7) is 0. The Morgan fingerprint density at radius 2 is 1.79 bits per heavy atom. The molecule has 0 fully saturated rings. The summed E-state index contributed by atoms with van der Waals surface area (Å²) in [5, 5.41) is 0. The van der Waals surface area contributed by atoms with Crippen LogP contribution in [-0.4, -0.2) is 5.75 Å². The van der Waals surface area contributed by atoms with E-state index in [4.69, 9.17) is 5.73 Å². The van der Waals surface area contributed by atoms with E-state index in [0.29, 0.717) is 0 Å². The minimum atomic E-state index is 0.863. The number of thioether (sulfide) groups is 1. The summed E-state index contributed by atoms with van der Waals surface area (Å²) in [7, 11) is 0. The summed E-state index contributed by atoms with van der Waals surface area (Å²) >= 11 is 5.27. The normalized spacial score (nSPS) is 10.6. The molecular weight excluding hydrogens is 318 g/mol. The Balaban J connectivity index is 1.69. The fourth-order valence-electron chi connectivity index (χ4n) is 1.91. The molecule has 0 amide bonds. The van der Waals surface area contributed by atoms with E-state index < -0.39 is 0 Å². The van der Waals surface area contributed by atoms with Crippen LogP contribution in [0, 0.1) is 0 Å². The third-order valence-corrected chi connectivity index (χ3v) is 4.60. The molecule has 0 atom stereocenters. The highest BCUT2D eigenvalue weighted by Crippen LogP contribution is 2.28. The van der Waals surface area contributed by atoms with Crippen LogP contribution in [0.1, 0.15) is 18.4 Å². The number of unbranched alkanes of at least 4 members (excludes halogenated alkanes) is 1. The van der Waals surface area contributed by atoms with E-state index >= 15 is 0 Å². The van der Waals surface area contributed by atoms with E-state index in [1.54, 1.807) is 0 Å². The van der Waals surface area contributed by atoms with Gasteiger partial charge >= 0.3 is 0 Å². The second-order valence-electron chi connectivity index (χ2n) is 4.47. The predicted molar refractivity (Wildman–Crippen MR) is 88.7 cm³/mol. The SMILES string of the molecule is Nc1cc(Br)ccc1SCCCCc1ccccc1. The van der Waals surface area contributed by atoms with Crippen molar-refractivity contribution in [3.63, 3.8) is 0 Å². The summed E-state index contributed by atoms with van der Waals surface area (Å²) in [5.41, 5.74) is 8.27. The van der Waals surface area contributed by atoms with Gasteiger partial charge in [0.1, 0.15) is 0 Å². The summed E-state index contributed by atoms with van der Waals surface area (Å²) in [5.74, 6) is 1.12. The van der Waals surface area contributed by atoms with Crippen molar-refractivity contribution in [1.29, 1.82) is 0 Å². The van der Waals surface area contributed by atoms with Gasteiger partial charge < -0.3 is 5.73 Å². The number of halogens is 1. The average molecular weight is 336 g/mol. The zero-order chi connectivity index (χ0) is 13.5. The van der Waals surface area contributed by atoms with Crippen LogP contribution in [0.2, 0.25) is 0 Å². The summed E-state index contributed by atoms with van der Waals surface area (Å²) < 4.78 is 1.04. The van der Waals surface area contributed by atoms with Gasteiger partial charge in [-0.2, -0.15) is 0 Å². The van der Waals surface area contributed by atoms with Crippen LogP contribution in [-0.2, 0) is 6.42 Å². The number of anilines is 1. The van der Waals surface area contributed by atoms with Gasteiger partial charge in [-0.05, 0) is 48.8 Å². The van der Waals surface area contributed by atoms with Crippen molar-refractivity contribution in [2.45, 2.75) is 24.2 Å². The molecule has 3 heteroatoms. The Labute approximate surface area is 127 Å². The van der Waals surface area contributed by atoms with Crippen molar-refractivity contribution >= 4 is 33.4 Å². The van der Waals surface area contributed by atoms with E-state index in [1.165, 1.54) is 23.3 Å². The summed E-state index contributed by atoms with van der Waals surface area (Å²) in [6.07, 6.45) is 3.61. The first kappa shape index (κ1) is 14.5. The van der Waals surface area contributed by atoms with Gasteiger partial charge in [0.25, 0.3) is 0 Å². The fourth-order valence-corrected chi connectivity index (χ4v) is 3.25. The molecule has 0 radical (unpaired) electrons. The highest BCUT2D eigenvalue weighted by atomic mass is 79.9. The third-order valence-electron chi connectivity index (χ3n) is 2.93. The van der Waals surface area contributed by atoms with Gasteiger partial charge in [-0.15, -0.1) is 11.8 Å². The summed E-state index contributed by atoms with van der Waals surface area (Å²) in [6, 6.07) is 16.8. The molecule has 0 saturated heterocycles. The largest absolute Gasteiger partial charge is 0.398 e. The Morgan fingerprint density at radius 1 is 1.00 bits per heavy atom. The molecule has 0 saturated carbocycles. The molecule has 2 aromatic carbocycles. The molecule has 0 bridgehead atoms. The molecule has 0 aromatic heterocycles. The van der Waals surface area contributed by atoms with Crippen LogP contribution < -0.4 is 5.73 Å². The highest BCUT2D eigenvalue weighted by Gasteiger charge is 2.00. The third kappa shape index (κ3) is 4.92. The first-order valence-electron chi connectivity index (χ1n) is 6.47. The quantitative estimate of drug-likeness (QED) is 0.449. The lowest BCUT2D eigenvalue weighted by Crippen LogP contribution is -1.90. The van der Waals surface area contributed by atoms with Crippen LogP contribution in [0.5, 0.6) is 0 Å². The van der Waals surface area contributed by atoms with Gasteiger partial charge in [0.2, 0.25) is 0 Å².